The molecule has 0 aliphatic rings. The number of nitrogens with zero attached hydrogens (tertiary/aromatic N) is 4. The first-order valence-corrected chi connectivity index (χ1v) is 9.87. The fourth-order valence-corrected chi connectivity index (χ4v) is 3.47. The van der Waals surface area contributed by atoms with Gasteiger partial charge < -0.3 is 14.8 Å². The van der Waals surface area contributed by atoms with Crippen LogP contribution in [0.5, 0.6) is 11.5 Å². The molecule has 3 rings (SSSR count). The van der Waals surface area contributed by atoms with Gasteiger partial charge in [-0.15, -0.1) is 18.3 Å². The Balaban J connectivity index is 1.68. The summed E-state index contributed by atoms with van der Waals surface area (Å²) in [5.41, 5.74) is 0.889. The number of amides is 1. The first-order chi connectivity index (χ1) is 14.7. The second kappa shape index (κ2) is 9.43. The molecule has 1 amide bonds. The Morgan fingerprint density at radius 3 is 2.55 bits per heavy atom. The molecule has 1 heterocycles. The number of hydrogen-bond donors (Lipinski definition) is 1. The summed E-state index contributed by atoms with van der Waals surface area (Å²) in [6, 6.07) is 9.85. The normalized spacial score (nSPS) is 12.3. The number of carbonyl (C=O) groups is 1. The van der Waals surface area contributed by atoms with Crippen LogP contribution in [0.1, 0.15) is 6.92 Å². The van der Waals surface area contributed by atoms with Gasteiger partial charge in [0.2, 0.25) is 11.1 Å². The number of aromatic nitrogens is 4. The summed E-state index contributed by atoms with van der Waals surface area (Å²) in [6.07, 6.45) is -4.78. The molecule has 13 heteroatoms. The van der Waals surface area contributed by atoms with Gasteiger partial charge >= 0.3 is 6.36 Å². The van der Waals surface area contributed by atoms with Crippen molar-refractivity contribution in [2.24, 2.45) is 0 Å². The van der Waals surface area contributed by atoms with Crippen LogP contribution in [-0.2, 0) is 4.79 Å². The molecule has 0 saturated carbocycles. The number of carbonyl (C=O) groups excluding carboxylic acids is 1. The number of tetrazole rings is 1. The van der Waals surface area contributed by atoms with Gasteiger partial charge in [0, 0.05) is 5.69 Å². The largest absolute Gasteiger partial charge is 0.573 e. The first-order valence-electron chi connectivity index (χ1n) is 8.62. The highest BCUT2D eigenvalue weighted by molar-refractivity contribution is 8.00. The third kappa shape index (κ3) is 6.01. The van der Waals surface area contributed by atoms with Gasteiger partial charge in [-0.05, 0) is 59.8 Å². The number of nitrogens with one attached hydrogen (secondary N) is 1. The van der Waals surface area contributed by atoms with Crippen LogP contribution >= 0.6 is 23.4 Å². The van der Waals surface area contributed by atoms with E-state index in [9.17, 15) is 18.0 Å². The molecule has 3 aromatic rings. The molecule has 0 saturated heterocycles. The van der Waals surface area contributed by atoms with Crippen LogP contribution < -0.4 is 14.8 Å². The number of methoxy groups -OCH3 is 1. The predicted octanol–water partition coefficient (Wildman–Crippen LogP) is 4.34. The minimum Gasteiger partial charge on any atom is -0.495 e. The van der Waals surface area contributed by atoms with Gasteiger partial charge in [0.15, 0.2) is 0 Å². The standard InChI is InChI=1S/C18H15ClF3N5O3S/c1-10(16(28)23-11-3-8-15(29-2)14(19)9-11)31-17-24-25-26-27(17)12-4-6-13(7-5-12)30-18(20,21)22/h3-10H,1-2H3,(H,23,28). The van der Waals surface area contributed by atoms with E-state index in [1.165, 1.54) is 23.9 Å². The smallest absolute Gasteiger partial charge is 0.495 e. The van der Waals surface area contributed by atoms with Crippen molar-refractivity contribution in [3.8, 4) is 17.2 Å². The second-order valence-electron chi connectivity index (χ2n) is 6.01. The van der Waals surface area contributed by atoms with Crippen LogP contribution in [0.2, 0.25) is 5.02 Å². The average Bonchev–Trinajstić information content (AvgIpc) is 3.15. The summed E-state index contributed by atoms with van der Waals surface area (Å²) < 4.78 is 47.1. The van der Waals surface area contributed by atoms with Gasteiger partial charge in [0.1, 0.15) is 11.5 Å². The van der Waals surface area contributed by atoms with E-state index in [0.29, 0.717) is 22.1 Å². The molecule has 0 aliphatic carbocycles. The zero-order valence-corrected chi connectivity index (χ0v) is 17.6. The van der Waals surface area contributed by atoms with Crippen molar-refractivity contribution in [2.75, 3.05) is 12.4 Å². The summed E-state index contributed by atoms with van der Waals surface area (Å²) >= 11 is 7.13. The van der Waals surface area contributed by atoms with E-state index in [0.717, 1.165) is 23.9 Å². The molecule has 1 atom stereocenters. The van der Waals surface area contributed by atoms with Crippen molar-refractivity contribution in [3.05, 3.63) is 47.5 Å². The van der Waals surface area contributed by atoms with Gasteiger partial charge in [-0.25, -0.2) is 0 Å². The lowest BCUT2D eigenvalue weighted by molar-refractivity contribution is -0.274. The summed E-state index contributed by atoms with van der Waals surface area (Å²) in [5.74, 6) is -0.216. The zero-order chi connectivity index (χ0) is 22.6. The van der Waals surface area contributed by atoms with Crippen molar-refractivity contribution in [3.63, 3.8) is 0 Å². The van der Waals surface area contributed by atoms with Crippen molar-refractivity contribution >= 4 is 35.0 Å². The molecule has 0 bridgehead atoms. The molecule has 31 heavy (non-hydrogen) atoms. The van der Waals surface area contributed by atoms with Crippen LogP contribution in [0, 0.1) is 0 Å². The Bertz CT molecular complexity index is 1060. The first kappa shape index (κ1) is 22.7. The molecule has 1 N–H and O–H groups in total. The molecule has 0 aliphatic heterocycles. The summed E-state index contributed by atoms with van der Waals surface area (Å²) in [7, 11) is 1.49. The molecule has 0 spiro atoms. The fraction of sp³-hybridized carbons (Fsp3) is 0.222. The van der Waals surface area contributed by atoms with Crippen LogP contribution in [0.15, 0.2) is 47.6 Å². The minimum absolute atomic E-state index is 0.278. The predicted molar refractivity (Wildman–Crippen MR) is 108 cm³/mol. The monoisotopic (exact) mass is 473 g/mol. The van der Waals surface area contributed by atoms with Crippen LogP contribution in [0.4, 0.5) is 18.9 Å². The maximum absolute atomic E-state index is 12.5. The van der Waals surface area contributed by atoms with E-state index in [1.807, 2.05) is 0 Å². The average molecular weight is 474 g/mol. The second-order valence-corrected chi connectivity index (χ2v) is 7.73. The topological polar surface area (TPSA) is 91.2 Å². The fourth-order valence-electron chi connectivity index (χ4n) is 2.40. The number of hydrogen-bond acceptors (Lipinski definition) is 7. The Hall–Kier alpha value is -2.99. The van der Waals surface area contributed by atoms with Gasteiger partial charge in [-0.1, -0.05) is 23.4 Å². The van der Waals surface area contributed by atoms with Crippen LogP contribution in [-0.4, -0.2) is 44.8 Å². The molecular weight excluding hydrogens is 459 g/mol. The number of anilines is 1. The highest BCUT2D eigenvalue weighted by Crippen LogP contribution is 2.29. The summed E-state index contributed by atoms with van der Waals surface area (Å²) in [6.45, 7) is 1.66. The molecule has 1 aromatic heterocycles. The van der Waals surface area contributed by atoms with Gasteiger partial charge in [-0.2, -0.15) is 4.68 Å². The number of ether oxygens (including phenoxy) is 2. The highest BCUT2D eigenvalue weighted by Gasteiger charge is 2.31. The lowest BCUT2D eigenvalue weighted by Crippen LogP contribution is -2.23. The lowest BCUT2D eigenvalue weighted by atomic mass is 10.3. The number of halogens is 4. The molecule has 2 aromatic carbocycles. The molecule has 0 fully saturated rings. The third-order valence-corrected chi connectivity index (χ3v) is 5.15. The maximum atomic E-state index is 12.5. The van der Waals surface area contributed by atoms with E-state index >= 15 is 0 Å². The highest BCUT2D eigenvalue weighted by atomic mass is 35.5. The Morgan fingerprint density at radius 2 is 1.94 bits per heavy atom. The quantitative estimate of drug-likeness (QED) is 0.510. The van der Waals surface area contributed by atoms with Crippen molar-refractivity contribution in [1.82, 2.24) is 20.2 Å². The maximum Gasteiger partial charge on any atom is 0.573 e. The SMILES string of the molecule is COc1ccc(NC(=O)C(C)Sc2nnnn2-c2ccc(OC(F)(F)F)cc2)cc1Cl. The molecule has 0 radical (unpaired) electrons. The number of alkyl halides is 3. The minimum atomic E-state index is -4.78. The summed E-state index contributed by atoms with van der Waals surface area (Å²) in [5, 5.41) is 14.0. The zero-order valence-electron chi connectivity index (χ0n) is 16.1. The van der Waals surface area contributed by atoms with Gasteiger partial charge in [0.25, 0.3) is 0 Å². The van der Waals surface area contributed by atoms with Gasteiger partial charge in [0.05, 0.1) is 23.1 Å². The van der Waals surface area contributed by atoms with E-state index in [4.69, 9.17) is 16.3 Å². The van der Waals surface area contributed by atoms with E-state index in [1.54, 1.807) is 25.1 Å². The molecule has 1 unspecified atom stereocenters. The lowest BCUT2D eigenvalue weighted by Gasteiger charge is -2.13. The Morgan fingerprint density at radius 1 is 1.23 bits per heavy atom. The Labute approximate surface area is 183 Å². The molecular formula is C18H15ClF3N5O3S. The molecule has 164 valence electrons. The van der Waals surface area contributed by atoms with E-state index in [2.05, 4.69) is 25.6 Å². The van der Waals surface area contributed by atoms with E-state index < -0.39 is 11.6 Å². The molecule has 8 nitrogen and oxygen atoms in total. The number of benzene rings is 2. The third-order valence-electron chi connectivity index (χ3n) is 3.83. The van der Waals surface area contributed by atoms with Crippen molar-refractivity contribution in [1.29, 1.82) is 0 Å². The van der Waals surface area contributed by atoms with Crippen molar-refractivity contribution < 1.29 is 27.4 Å². The van der Waals surface area contributed by atoms with E-state index in [-0.39, 0.29) is 16.8 Å². The Kier molecular flexibility index (Phi) is 6.91. The van der Waals surface area contributed by atoms with Crippen LogP contribution in [0.3, 0.4) is 0 Å². The van der Waals surface area contributed by atoms with Crippen LogP contribution in [0.25, 0.3) is 5.69 Å². The number of thioether (sulfide) groups is 1. The summed E-state index contributed by atoms with van der Waals surface area (Å²) in [4.78, 5) is 12.5. The van der Waals surface area contributed by atoms with Gasteiger partial charge in [-0.3, -0.25) is 4.79 Å². The number of rotatable bonds is 7. The van der Waals surface area contributed by atoms with Crippen molar-refractivity contribution in [2.45, 2.75) is 23.7 Å².